The summed E-state index contributed by atoms with van der Waals surface area (Å²) in [7, 11) is 1.84. The van der Waals surface area contributed by atoms with Gasteiger partial charge in [0.05, 0.1) is 5.69 Å². The Bertz CT molecular complexity index is 444. The quantitative estimate of drug-likeness (QED) is 0.613. The Hall–Kier alpha value is -2.18. The summed E-state index contributed by atoms with van der Waals surface area (Å²) < 4.78 is 1.71. The number of hydrogen-bond donors (Lipinski definition) is 2. The molecule has 1 aliphatic rings. The molecule has 0 radical (unpaired) electrons. The number of nitrogens with one attached hydrogen (secondary N) is 2. The average molecular weight is 221 g/mol. The Kier molecular flexibility index (Phi) is 2.67. The van der Waals surface area contributed by atoms with E-state index in [1.165, 1.54) is 0 Å². The first-order chi connectivity index (χ1) is 7.65. The van der Waals surface area contributed by atoms with Crippen LogP contribution < -0.4 is 10.6 Å². The van der Waals surface area contributed by atoms with Gasteiger partial charge in [0.1, 0.15) is 0 Å². The molecule has 0 bridgehead atoms. The number of aryl methyl sites for hydroxylation is 1. The summed E-state index contributed by atoms with van der Waals surface area (Å²) >= 11 is 0. The number of carbonyl (C=O) groups is 2. The number of hydrogen-bond acceptors (Lipinski definition) is 4. The van der Waals surface area contributed by atoms with Gasteiger partial charge >= 0.3 is 11.8 Å². The number of guanidine groups is 1. The first kappa shape index (κ1) is 10.3. The lowest BCUT2D eigenvalue weighted by atomic mass is 10.3. The minimum Gasteiger partial charge on any atom is -0.288 e. The van der Waals surface area contributed by atoms with Crippen molar-refractivity contribution in [1.29, 1.82) is 0 Å². The highest BCUT2D eigenvalue weighted by Gasteiger charge is 2.24. The van der Waals surface area contributed by atoms with E-state index in [2.05, 4.69) is 20.7 Å². The Morgan fingerprint density at radius 2 is 2.06 bits per heavy atom. The second kappa shape index (κ2) is 4.13. The van der Waals surface area contributed by atoms with E-state index in [-0.39, 0.29) is 5.96 Å². The van der Waals surface area contributed by atoms with Crippen LogP contribution in [-0.4, -0.2) is 34.1 Å². The van der Waals surface area contributed by atoms with Gasteiger partial charge < -0.3 is 0 Å². The molecule has 1 aliphatic heterocycles. The SMILES string of the molecule is Cn1ccc(CCN=C2NC(=O)C(=O)N2)n1. The van der Waals surface area contributed by atoms with Gasteiger partial charge in [0.25, 0.3) is 0 Å². The van der Waals surface area contributed by atoms with Crippen LogP contribution in [0, 0.1) is 0 Å². The maximum atomic E-state index is 10.8. The van der Waals surface area contributed by atoms with Gasteiger partial charge in [-0.1, -0.05) is 0 Å². The van der Waals surface area contributed by atoms with Gasteiger partial charge in [0.2, 0.25) is 5.96 Å². The van der Waals surface area contributed by atoms with Crippen LogP contribution in [0.1, 0.15) is 5.69 Å². The van der Waals surface area contributed by atoms with Crippen molar-refractivity contribution >= 4 is 17.8 Å². The van der Waals surface area contributed by atoms with Crippen molar-refractivity contribution < 1.29 is 9.59 Å². The lowest BCUT2D eigenvalue weighted by Gasteiger charge is -1.95. The van der Waals surface area contributed by atoms with E-state index in [1.807, 2.05) is 19.3 Å². The standard InChI is InChI=1S/C9H11N5O2/c1-14-5-3-6(13-14)2-4-10-9-11-7(15)8(16)12-9/h3,5H,2,4H2,1H3,(H2,10,11,12,15,16). The highest BCUT2D eigenvalue weighted by molar-refractivity contribution is 6.45. The summed E-state index contributed by atoms with van der Waals surface area (Å²) in [6.07, 6.45) is 2.51. The van der Waals surface area contributed by atoms with E-state index in [4.69, 9.17) is 0 Å². The van der Waals surface area contributed by atoms with Crippen LogP contribution in [0.5, 0.6) is 0 Å². The molecule has 84 valence electrons. The molecule has 0 aliphatic carbocycles. The van der Waals surface area contributed by atoms with Crippen LogP contribution >= 0.6 is 0 Å². The Morgan fingerprint density at radius 1 is 1.38 bits per heavy atom. The number of amides is 2. The van der Waals surface area contributed by atoms with Gasteiger partial charge in [0.15, 0.2) is 0 Å². The summed E-state index contributed by atoms with van der Waals surface area (Å²) in [6, 6.07) is 1.89. The van der Waals surface area contributed by atoms with E-state index in [9.17, 15) is 9.59 Å². The number of rotatable bonds is 3. The third-order valence-corrected chi connectivity index (χ3v) is 2.08. The van der Waals surface area contributed by atoms with E-state index in [1.54, 1.807) is 4.68 Å². The zero-order valence-electron chi connectivity index (χ0n) is 8.73. The molecule has 1 fully saturated rings. The van der Waals surface area contributed by atoms with Gasteiger partial charge in [-0.3, -0.25) is 29.9 Å². The molecule has 1 aromatic heterocycles. The summed E-state index contributed by atoms with van der Waals surface area (Å²) in [5, 5.41) is 8.82. The molecule has 0 saturated carbocycles. The van der Waals surface area contributed by atoms with Crippen LogP contribution in [0.4, 0.5) is 0 Å². The van der Waals surface area contributed by atoms with E-state index >= 15 is 0 Å². The second-order valence-corrected chi connectivity index (χ2v) is 3.37. The summed E-state index contributed by atoms with van der Waals surface area (Å²) in [5.41, 5.74) is 0.919. The molecule has 1 aromatic rings. The van der Waals surface area contributed by atoms with Crippen molar-refractivity contribution in [2.24, 2.45) is 12.0 Å². The Balaban J connectivity index is 1.86. The van der Waals surface area contributed by atoms with E-state index in [0.717, 1.165) is 5.69 Å². The maximum absolute atomic E-state index is 10.8. The van der Waals surface area contributed by atoms with Crippen LogP contribution in [0.25, 0.3) is 0 Å². The van der Waals surface area contributed by atoms with E-state index in [0.29, 0.717) is 13.0 Å². The molecule has 1 saturated heterocycles. The molecule has 2 amide bonds. The highest BCUT2D eigenvalue weighted by atomic mass is 16.2. The fraction of sp³-hybridized carbons (Fsp3) is 0.333. The Morgan fingerprint density at radius 3 is 2.62 bits per heavy atom. The van der Waals surface area contributed by atoms with Crippen molar-refractivity contribution in [3.05, 3.63) is 18.0 Å². The molecule has 2 N–H and O–H groups in total. The minimum atomic E-state index is -0.670. The van der Waals surface area contributed by atoms with Crippen LogP contribution in [0.3, 0.4) is 0 Å². The van der Waals surface area contributed by atoms with Crippen molar-refractivity contribution in [3.63, 3.8) is 0 Å². The predicted molar refractivity (Wildman–Crippen MR) is 55.5 cm³/mol. The topological polar surface area (TPSA) is 88.4 Å². The van der Waals surface area contributed by atoms with Crippen molar-refractivity contribution in [2.45, 2.75) is 6.42 Å². The fourth-order valence-electron chi connectivity index (χ4n) is 1.32. The Labute approximate surface area is 91.5 Å². The van der Waals surface area contributed by atoms with Crippen molar-refractivity contribution in [3.8, 4) is 0 Å². The average Bonchev–Trinajstić information content (AvgIpc) is 2.75. The van der Waals surface area contributed by atoms with Gasteiger partial charge in [0, 0.05) is 26.2 Å². The molecule has 16 heavy (non-hydrogen) atoms. The zero-order chi connectivity index (χ0) is 11.5. The summed E-state index contributed by atoms with van der Waals surface area (Å²) in [5.74, 6) is -1.13. The molecule has 2 rings (SSSR count). The second-order valence-electron chi connectivity index (χ2n) is 3.37. The zero-order valence-corrected chi connectivity index (χ0v) is 8.73. The minimum absolute atomic E-state index is 0.214. The smallest absolute Gasteiger partial charge is 0.288 e. The molecule has 0 spiro atoms. The van der Waals surface area contributed by atoms with Crippen molar-refractivity contribution in [1.82, 2.24) is 20.4 Å². The molecular weight excluding hydrogens is 210 g/mol. The maximum Gasteiger partial charge on any atom is 0.316 e. The van der Waals surface area contributed by atoms with Crippen molar-refractivity contribution in [2.75, 3.05) is 6.54 Å². The van der Waals surface area contributed by atoms with Crippen LogP contribution in [-0.2, 0) is 23.1 Å². The number of nitrogens with zero attached hydrogens (tertiary/aromatic N) is 3. The van der Waals surface area contributed by atoms with Gasteiger partial charge in [-0.15, -0.1) is 0 Å². The molecule has 7 nitrogen and oxygen atoms in total. The fourth-order valence-corrected chi connectivity index (χ4v) is 1.32. The monoisotopic (exact) mass is 221 g/mol. The van der Waals surface area contributed by atoms with Crippen LogP contribution in [0.15, 0.2) is 17.3 Å². The molecule has 2 heterocycles. The van der Waals surface area contributed by atoms with Crippen LogP contribution in [0.2, 0.25) is 0 Å². The normalized spacial score (nSPS) is 14.9. The number of carbonyl (C=O) groups excluding carboxylic acids is 2. The molecule has 0 unspecified atom stereocenters. The first-order valence-electron chi connectivity index (χ1n) is 4.80. The third kappa shape index (κ3) is 2.25. The van der Waals surface area contributed by atoms with E-state index < -0.39 is 11.8 Å². The molecule has 0 aromatic carbocycles. The number of aromatic nitrogens is 2. The predicted octanol–water partition coefficient (Wildman–Crippen LogP) is -1.44. The third-order valence-electron chi connectivity index (χ3n) is 2.08. The molecular formula is C9H11N5O2. The summed E-state index contributed by atoms with van der Waals surface area (Å²) in [4.78, 5) is 25.6. The number of aliphatic imine (C=N–C) groups is 1. The van der Waals surface area contributed by atoms with Gasteiger partial charge in [-0.25, -0.2) is 0 Å². The van der Waals surface area contributed by atoms with Gasteiger partial charge in [-0.05, 0) is 6.07 Å². The highest BCUT2D eigenvalue weighted by Crippen LogP contribution is 1.95. The first-order valence-corrected chi connectivity index (χ1v) is 4.80. The lowest BCUT2D eigenvalue weighted by Crippen LogP contribution is -2.26. The van der Waals surface area contributed by atoms with Gasteiger partial charge in [-0.2, -0.15) is 5.10 Å². The lowest BCUT2D eigenvalue weighted by molar-refractivity contribution is -0.135. The summed E-state index contributed by atoms with van der Waals surface area (Å²) in [6.45, 7) is 0.465. The molecule has 0 atom stereocenters. The molecule has 7 heteroatoms. The largest absolute Gasteiger partial charge is 0.316 e.